The molecule has 76 valence electrons. The molecule has 1 N–H and O–H groups in total. The first-order valence-corrected chi connectivity index (χ1v) is 4.87. The van der Waals surface area contributed by atoms with Gasteiger partial charge in [0.1, 0.15) is 0 Å². The molecule has 3 nitrogen and oxygen atoms in total. The average Bonchev–Trinajstić information content (AvgIpc) is 2.03. The molecule has 1 heterocycles. The minimum atomic E-state index is -0.264. The lowest BCUT2D eigenvalue weighted by Gasteiger charge is -2.29. The van der Waals surface area contributed by atoms with E-state index in [-0.39, 0.29) is 17.1 Å². The summed E-state index contributed by atoms with van der Waals surface area (Å²) in [7, 11) is 0. The number of nitrogens with zero attached hydrogens (tertiary/aromatic N) is 1. The van der Waals surface area contributed by atoms with Crippen LogP contribution in [0.4, 0.5) is 4.79 Å². The van der Waals surface area contributed by atoms with Crippen LogP contribution in [-0.4, -0.2) is 21.5 Å². The highest BCUT2D eigenvalue weighted by atomic mass is 35.5. The number of nitrogens with one attached hydrogen (secondary N) is 1. The van der Waals surface area contributed by atoms with E-state index in [1.807, 2.05) is 27.7 Å². The summed E-state index contributed by atoms with van der Waals surface area (Å²) in [5, 5.41) is 2.88. The Morgan fingerprint density at radius 3 is 2.38 bits per heavy atom. The molecule has 1 aliphatic heterocycles. The molecule has 2 amide bonds. The van der Waals surface area contributed by atoms with E-state index >= 15 is 0 Å². The first-order valence-electron chi connectivity index (χ1n) is 4.53. The van der Waals surface area contributed by atoms with Crippen molar-refractivity contribution >= 4 is 17.8 Å². The van der Waals surface area contributed by atoms with Gasteiger partial charge in [-0.05, 0) is 40.5 Å². The second kappa shape index (κ2) is 3.05. The van der Waals surface area contributed by atoms with Crippen molar-refractivity contribution in [2.45, 2.75) is 51.6 Å². The molecule has 0 bridgehead atoms. The molecule has 0 aromatic rings. The Balaban J connectivity index is 2.87. The molecule has 0 spiro atoms. The van der Waals surface area contributed by atoms with Crippen molar-refractivity contribution in [3.63, 3.8) is 0 Å². The van der Waals surface area contributed by atoms with E-state index < -0.39 is 0 Å². The molecule has 4 heteroatoms. The lowest BCUT2D eigenvalue weighted by molar-refractivity contribution is 0.195. The summed E-state index contributed by atoms with van der Waals surface area (Å²) in [5.74, 6) is 0. The smallest absolute Gasteiger partial charge is 0.332 e. The first-order chi connectivity index (χ1) is 5.75. The summed E-state index contributed by atoms with van der Waals surface area (Å²) < 4.78 is 1.27. The van der Waals surface area contributed by atoms with Gasteiger partial charge in [-0.3, -0.25) is 0 Å². The van der Waals surface area contributed by atoms with E-state index in [4.69, 9.17) is 11.8 Å². The molecule has 0 unspecified atom stereocenters. The lowest BCUT2D eigenvalue weighted by atomic mass is 9.91. The van der Waals surface area contributed by atoms with E-state index in [0.29, 0.717) is 0 Å². The second-order valence-corrected chi connectivity index (χ2v) is 5.25. The average molecular weight is 205 g/mol. The summed E-state index contributed by atoms with van der Waals surface area (Å²) >= 11 is 5.91. The van der Waals surface area contributed by atoms with Crippen LogP contribution in [-0.2, 0) is 0 Å². The Labute approximate surface area is 84.5 Å². The van der Waals surface area contributed by atoms with Gasteiger partial charge in [0.2, 0.25) is 0 Å². The highest BCUT2D eigenvalue weighted by Gasteiger charge is 2.37. The SMILES string of the molecule is CC1(C)CCC(C)(C)N(Cl)C(=O)N1. The number of carbonyl (C=O) groups is 1. The van der Waals surface area contributed by atoms with Gasteiger partial charge in [0.25, 0.3) is 0 Å². The van der Waals surface area contributed by atoms with Gasteiger partial charge in [-0.2, -0.15) is 0 Å². The molecule has 0 aliphatic carbocycles. The van der Waals surface area contributed by atoms with Gasteiger partial charge in [0.15, 0.2) is 0 Å². The van der Waals surface area contributed by atoms with Gasteiger partial charge >= 0.3 is 6.03 Å². The van der Waals surface area contributed by atoms with E-state index in [2.05, 4.69) is 5.32 Å². The number of hydrogen-bond acceptors (Lipinski definition) is 1. The molecule has 0 atom stereocenters. The van der Waals surface area contributed by atoms with Gasteiger partial charge < -0.3 is 5.32 Å². The van der Waals surface area contributed by atoms with Crippen LogP contribution in [0.25, 0.3) is 0 Å². The maximum atomic E-state index is 11.5. The van der Waals surface area contributed by atoms with Gasteiger partial charge in [0, 0.05) is 17.3 Å². The number of carbonyl (C=O) groups excluding carboxylic acids is 1. The Morgan fingerprint density at radius 1 is 1.31 bits per heavy atom. The van der Waals surface area contributed by atoms with Gasteiger partial charge in [-0.15, -0.1) is 0 Å². The quantitative estimate of drug-likeness (QED) is 0.605. The third-order valence-corrected chi connectivity index (χ3v) is 3.13. The van der Waals surface area contributed by atoms with Crippen LogP contribution < -0.4 is 5.32 Å². The van der Waals surface area contributed by atoms with E-state index in [1.54, 1.807) is 0 Å². The lowest BCUT2D eigenvalue weighted by Crippen LogP contribution is -2.47. The Kier molecular flexibility index (Phi) is 2.50. The van der Waals surface area contributed by atoms with Crippen LogP contribution >= 0.6 is 11.8 Å². The number of hydrogen-bond donors (Lipinski definition) is 1. The highest BCUT2D eigenvalue weighted by Crippen LogP contribution is 2.30. The number of urea groups is 1. The maximum absolute atomic E-state index is 11.5. The zero-order valence-corrected chi connectivity index (χ0v) is 9.40. The highest BCUT2D eigenvalue weighted by molar-refractivity contribution is 6.21. The molecule has 0 saturated carbocycles. The van der Waals surface area contributed by atoms with Crippen LogP contribution in [0, 0.1) is 0 Å². The monoisotopic (exact) mass is 204 g/mol. The standard InChI is InChI=1S/C9H17ClN2O/c1-8(2)5-6-9(3,4)12(10)7(13)11-8/h5-6H2,1-4H3,(H,11,13). The van der Waals surface area contributed by atoms with Crippen LogP contribution in [0.2, 0.25) is 0 Å². The molecule has 1 aliphatic rings. The number of rotatable bonds is 0. The van der Waals surface area contributed by atoms with E-state index in [9.17, 15) is 4.79 Å². The minimum Gasteiger partial charge on any atom is -0.332 e. The van der Waals surface area contributed by atoms with Crippen molar-refractivity contribution < 1.29 is 4.79 Å². The molecule has 0 aromatic carbocycles. The summed E-state index contributed by atoms with van der Waals surface area (Å²) in [6.07, 6.45) is 1.84. The molecular formula is C9H17ClN2O. The molecule has 1 saturated heterocycles. The van der Waals surface area contributed by atoms with Crippen molar-refractivity contribution in [1.82, 2.24) is 9.74 Å². The summed E-state index contributed by atoms with van der Waals surface area (Å²) in [4.78, 5) is 11.5. The Morgan fingerprint density at radius 2 is 1.85 bits per heavy atom. The third-order valence-electron chi connectivity index (χ3n) is 2.52. The van der Waals surface area contributed by atoms with E-state index in [0.717, 1.165) is 12.8 Å². The summed E-state index contributed by atoms with van der Waals surface area (Å²) in [6, 6.07) is -0.200. The molecular weight excluding hydrogens is 188 g/mol. The second-order valence-electron chi connectivity index (χ2n) is 4.91. The minimum absolute atomic E-state index is 0.155. The number of halogens is 1. The molecule has 1 fully saturated rings. The topological polar surface area (TPSA) is 32.3 Å². The predicted octanol–water partition coefficient (Wildman–Crippen LogP) is 2.50. The van der Waals surface area contributed by atoms with Crippen LogP contribution in [0.5, 0.6) is 0 Å². The normalized spacial score (nSPS) is 26.5. The maximum Gasteiger partial charge on any atom is 0.332 e. The zero-order valence-electron chi connectivity index (χ0n) is 8.65. The summed E-state index contributed by atoms with van der Waals surface area (Å²) in [5.41, 5.74) is -0.419. The van der Waals surface area contributed by atoms with Crippen molar-refractivity contribution in [1.29, 1.82) is 0 Å². The van der Waals surface area contributed by atoms with Crippen molar-refractivity contribution in [3.05, 3.63) is 0 Å². The fourth-order valence-electron chi connectivity index (χ4n) is 1.39. The van der Waals surface area contributed by atoms with Crippen LogP contribution in [0.1, 0.15) is 40.5 Å². The fraction of sp³-hybridized carbons (Fsp3) is 0.889. The molecule has 1 rings (SSSR count). The van der Waals surface area contributed by atoms with E-state index in [1.165, 1.54) is 4.42 Å². The Hall–Kier alpha value is -0.440. The van der Waals surface area contributed by atoms with Crippen molar-refractivity contribution in [2.75, 3.05) is 0 Å². The number of amides is 2. The largest absolute Gasteiger partial charge is 0.332 e. The zero-order chi connectivity index (χ0) is 10.3. The summed E-state index contributed by atoms with van der Waals surface area (Å²) in [6.45, 7) is 7.97. The Bertz CT molecular complexity index is 226. The van der Waals surface area contributed by atoms with Gasteiger partial charge in [0.05, 0.1) is 5.54 Å². The van der Waals surface area contributed by atoms with Crippen molar-refractivity contribution in [2.24, 2.45) is 0 Å². The molecule has 13 heavy (non-hydrogen) atoms. The predicted molar refractivity (Wildman–Crippen MR) is 53.6 cm³/mol. The molecule has 0 aromatic heterocycles. The van der Waals surface area contributed by atoms with Gasteiger partial charge in [-0.25, -0.2) is 9.21 Å². The molecule has 0 radical (unpaired) electrons. The first kappa shape index (κ1) is 10.6. The fourth-order valence-corrected chi connectivity index (χ4v) is 1.52. The third kappa shape index (κ3) is 2.27. The van der Waals surface area contributed by atoms with Gasteiger partial charge in [-0.1, -0.05) is 0 Å². The van der Waals surface area contributed by atoms with Crippen LogP contribution in [0.3, 0.4) is 0 Å². The van der Waals surface area contributed by atoms with Crippen LogP contribution in [0.15, 0.2) is 0 Å². The van der Waals surface area contributed by atoms with Crippen molar-refractivity contribution in [3.8, 4) is 0 Å².